The predicted octanol–water partition coefficient (Wildman–Crippen LogP) is 1.13. The Bertz CT molecular complexity index is 514. The fourth-order valence-electron chi connectivity index (χ4n) is 3.29. The molecule has 2 heterocycles. The Morgan fingerprint density at radius 3 is 2.70 bits per heavy atom. The average molecular weight is 317 g/mol. The molecule has 1 aromatic carbocycles. The Kier molecular flexibility index (Phi) is 5.18. The molecule has 1 aromatic rings. The van der Waals surface area contributed by atoms with Crippen LogP contribution in [0.5, 0.6) is 5.75 Å². The normalized spacial score (nSPS) is 22.0. The van der Waals surface area contributed by atoms with E-state index in [2.05, 4.69) is 35.0 Å². The number of hydrogen-bond acceptors (Lipinski definition) is 4. The number of carbonyl (C=O) groups is 1. The maximum Gasteiger partial charge on any atom is 0.234 e. The summed E-state index contributed by atoms with van der Waals surface area (Å²) in [7, 11) is 0. The lowest BCUT2D eigenvalue weighted by atomic mass is 10.1. The molecule has 1 unspecified atom stereocenters. The molecular formula is C18H27N3O2. The van der Waals surface area contributed by atoms with E-state index in [-0.39, 0.29) is 12.0 Å². The summed E-state index contributed by atoms with van der Waals surface area (Å²) in [4.78, 5) is 16.8. The van der Waals surface area contributed by atoms with Gasteiger partial charge in [0.2, 0.25) is 5.91 Å². The van der Waals surface area contributed by atoms with Crippen molar-refractivity contribution >= 4 is 5.91 Å². The number of ether oxygens (including phenoxy) is 1. The maximum atomic E-state index is 12.1. The molecule has 0 aliphatic carbocycles. The third-order valence-corrected chi connectivity index (χ3v) is 4.75. The van der Waals surface area contributed by atoms with Crippen LogP contribution in [0, 0.1) is 0 Å². The van der Waals surface area contributed by atoms with Crippen molar-refractivity contribution in [3.05, 3.63) is 29.8 Å². The second kappa shape index (κ2) is 7.32. The van der Waals surface area contributed by atoms with Crippen LogP contribution in [0.4, 0.5) is 0 Å². The van der Waals surface area contributed by atoms with E-state index in [4.69, 9.17) is 4.74 Å². The molecule has 0 bridgehead atoms. The van der Waals surface area contributed by atoms with E-state index in [1.807, 2.05) is 18.2 Å². The lowest BCUT2D eigenvalue weighted by Gasteiger charge is -2.36. The Morgan fingerprint density at radius 1 is 1.26 bits per heavy atom. The van der Waals surface area contributed by atoms with Crippen LogP contribution in [-0.2, 0) is 11.2 Å². The van der Waals surface area contributed by atoms with Gasteiger partial charge in [0.05, 0.1) is 13.1 Å². The van der Waals surface area contributed by atoms with Crippen LogP contribution in [0.25, 0.3) is 0 Å². The van der Waals surface area contributed by atoms with Crippen molar-refractivity contribution in [3.63, 3.8) is 0 Å². The third kappa shape index (κ3) is 4.24. The first kappa shape index (κ1) is 16.3. The molecule has 1 saturated heterocycles. The van der Waals surface area contributed by atoms with E-state index >= 15 is 0 Å². The molecule has 5 heteroatoms. The number of nitrogens with zero attached hydrogens (tertiary/aromatic N) is 2. The summed E-state index contributed by atoms with van der Waals surface area (Å²) in [6.45, 7) is 9.56. The number of fused-ring (bicyclic) bond motifs is 1. The van der Waals surface area contributed by atoms with Crippen LogP contribution in [0.3, 0.4) is 0 Å². The first-order chi connectivity index (χ1) is 11.1. The second-order valence-corrected chi connectivity index (χ2v) is 6.76. The zero-order valence-corrected chi connectivity index (χ0v) is 14.1. The van der Waals surface area contributed by atoms with Gasteiger partial charge >= 0.3 is 0 Å². The molecule has 1 fully saturated rings. The van der Waals surface area contributed by atoms with Gasteiger partial charge in [-0.05, 0) is 25.5 Å². The van der Waals surface area contributed by atoms with Crippen LogP contribution in [0.1, 0.15) is 19.4 Å². The van der Waals surface area contributed by atoms with Crippen molar-refractivity contribution in [3.8, 4) is 5.75 Å². The van der Waals surface area contributed by atoms with Crippen molar-refractivity contribution in [1.82, 2.24) is 15.1 Å². The minimum atomic E-state index is 0.0640. The van der Waals surface area contributed by atoms with Gasteiger partial charge in [-0.3, -0.25) is 14.6 Å². The van der Waals surface area contributed by atoms with Gasteiger partial charge in [0.1, 0.15) is 11.9 Å². The molecule has 0 aromatic heterocycles. The van der Waals surface area contributed by atoms with Gasteiger partial charge in [-0.1, -0.05) is 18.2 Å². The molecule has 5 nitrogen and oxygen atoms in total. The Morgan fingerprint density at radius 2 is 2.00 bits per heavy atom. The minimum absolute atomic E-state index is 0.0640. The number of amides is 1. The SMILES string of the molecule is CC(C)N1CCN(CC(=O)NCC2Cc3ccccc3O2)CC1. The summed E-state index contributed by atoms with van der Waals surface area (Å²) in [6.07, 6.45) is 0.943. The highest BCUT2D eigenvalue weighted by atomic mass is 16.5. The smallest absolute Gasteiger partial charge is 0.234 e. The summed E-state index contributed by atoms with van der Waals surface area (Å²) in [5.74, 6) is 1.05. The summed E-state index contributed by atoms with van der Waals surface area (Å²) < 4.78 is 5.85. The highest BCUT2D eigenvalue weighted by Crippen LogP contribution is 2.27. The van der Waals surface area contributed by atoms with Gasteiger partial charge in [-0.25, -0.2) is 0 Å². The molecule has 1 N–H and O–H groups in total. The first-order valence-corrected chi connectivity index (χ1v) is 8.59. The fraction of sp³-hybridized carbons (Fsp3) is 0.611. The second-order valence-electron chi connectivity index (χ2n) is 6.76. The quantitative estimate of drug-likeness (QED) is 0.884. The van der Waals surface area contributed by atoms with E-state index < -0.39 is 0 Å². The topological polar surface area (TPSA) is 44.8 Å². The largest absolute Gasteiger partial charge is 0.488 e. The van der Waals surface area contributed by atoms with E-state index in [9.17, 15) is 4.79 Å². The van der Waals surface area contributed by atoms with Gasteiger partial charge in [0, 0.05) is 38.6 Å². The summed E-state index contributed by atoms with van der Waals surface area (Å²) in [6, 6.07) is 8.68. The van der Waals surface area contributed by atoms with Gasteiger partial charge < -0.3 is 10.1 Å². The zero-order valence-electron chi connectivity index (χ0n) is 14.1. The number of carbonyl (C=O) groups excluding carboxylic acids is 1. The van der Waals surface area contributed by atoms with E-state index in [0.29, 0.717) is 19.1 Å². The molecule has 0 saturated carbocycles. The maximum absolute atomic E-state index is 12.1. The van der Waals surface area contributed by atoms with E-state index in [1.54, 1.807) is 0 Å². The molecule has 1 amide bonds. The van der Waals surface area contributed by atoms with Crippen molar-refractivity contribution in [2.45, 2.75) is 32.4 Å². The van der Waals surface area contributed by atoms with Crippen LogP contribution in [0.2, 0.25) is 0 Å². The number of para-hydroxylation sites is 1. The molecule has 126 valence electrons. The highest BCUT2D eigenvalue weighted by molar-refractivity contribution is 5.78. The Balaban J connectivity index is 1.36. The molecule has 1 atom stereocenters. The first-order valence-electron chi connectivity index (χ1n) is 8.59. The van der Waals surface area contributed by atoms with Crippen LogP contribution >= 0.6 is 0 Å². The fourth-order valence-corrected chi connectivity index (χ4v) is 3.29. The van der Waals surface area contributed by atoms with Crippen molar-refractivity contribution in [2.75, 3.05) is 39.3 Å². The third-order valence-electron chi connectivity index (χ3n) is 4.75. The van der Waals surface area contributed by atoms with Crippen molar-refractivity contribution in [2.24, 2.45) is 0 Å². The van der Waals surface area contributed by atoms with E-state index in [0.717, 1.165) is 38.3 Å². The average Bonchev–Trinajstić information content (AvgIpc) is 2.96. The van der Waals surface area contributed by atoms with Gasteiger partial charge in [-0.15, -0.1) is 0 Å². The molecule has 23 heavy (non-hydrogen) atoms. The van der Waals surface area contributed by atoms with Crippen LogP contribution in [-0.4, -0.2) is 67.1 Å². The molecule has 3 rings (SSSR count). The van der Waals surface area contributed by atoms with Gasteiger partial charge in [0.25, 0.3) is 0 Å². The van der Waals surface area contributed by atoms with Crippen molar-refractivity contribution < 1.29 is 9.53 Å². The number of rotatable bonds is 5. The lowest BCUT2D eigenvalue weighted by molar-refractivity contribution is -0.123. The number of nitrogens with one attached hydrogen (secondary N) is 1. The van der Waals surface area contributed by atoms with Gasteiger partial charge in [-0.2, -0.15) is 0 Å². The highest BCUT2D eigenvalue weighted by Gasteiger charge is 2.24. The van der Waals surface area contributed by atoms with E-state index in [1.165, 1.54) is 5.56 Å². The Labute approximate surface area is 138 Å². The standard InChI is InChI=1S/C18H27N3O2/c1-14(2)21-9-7-20(8-10-21)13-18(22)19-12-16-11-15-5-3-4-6-17(15)23-16/h3-6,14,16H,7-13H2,1-2H3,(H,19,22). The summed E-state index contributed by atoms with van der Waals surface area (Å²) in [5, 5.41) is 3.02. The summed E-state index contributed by atoms with van der Waals surface area (Å²) >= 11 is 0. The summed E-state index contributed by atoms with van der Waals surface area (Å²) in [5.41, 5.74) is 1.23. The molecule has 2 aliphatic heterocycles. The van der Waals surface area contributed by atoms with Gasteiger partial charge in [0.15, 0.2) is 0 Å². The molecule has 0 radical (unpaired) electrons. The number of piperazine rings is 1. The van der Waals surface area contributed by atoms with Crippen LogP contribution < -0.4 is 10.1 Å². The molecular weight excluding hydrogens is 290 g/mol. The lowest BCUT2D eigenvalue weighted by Crippen LogP contribution is -2.51. The minimum Gasteiger partial charge on any atom is -0.488 e. The number of hydrogen-bond donors (Lipinski definition) is 1. The number of benzene rings is 1. The predicted molar refractivity (Wildman–Crippen MR) is 90.7 cm³/mol. The molecule has 2 aliphatic rings. The van der Waals surface area contributed by atoms with Crippen LogP contribution in [0.15, 0.2) is 24.3 Å². The molecule has 0 spiro atoms. The van der Waals surface area contributed by atoms with Crippen molar-refractivity contribution in [1.29, 1.82) is 0 Å². The zero-order chi connectivity index (χ0) is 16.2. The monoisotopic (exact) mass is 317 g/mol. The Hall–Kier alpha value is -1.59.